The fourth-order valence-electron chi connectivity index (χ4n) is 4.69. The summed E-state index contributed by atoms with van der Waals surface area (Å²) in [4.78, 5) is 20.9. The van der Waals surface area contributed by atoms with E-state index in [2.05, 4.69) is 9.88 Å². The van der Waals surface area contributed by atoms with Gasteiger partial charge in [-0.05, 0) is 48.7 Å². The number of hydrogen-bond acceptors (Lipinski definition) is 6. The lowest BCUT2D eigenvalue weighted by Crippen LogP contribution is -2.55. The number of rotatable bonds is 4. The van der Waals surface area contributed by atoms with E-state index in [-0.39, 0.29) is 19.0 Å². The van der Waals surface area contributed by atoms with Crippen LogP contribution in [0.5, 0.6) is 0 Å². The Bertz CT molecular complexity index is 1150. The first-order valence-corrected chi connectivity index (χ1v) is 12.8. The van der Waals surface area contributed by atoms with Gasteiger partial charge in [-0.15, -0.1) is 0 Å². The lowest BCUT2D eigenvalue weighted by molar-refractivity contribution is -0.144. The Morgan fingerprint density at radius 1 is 1.09 bits per heavy atom. The Labute approximate surface area is 198 Å². The predicted molar refractivity (Wildman–Crippen MR) is 126 cm³/mol. The lowest BCUT2D eigenvalue weighted by Gasteiger charge is -2.39. The van der Waals surface area contributed by atoms with E-state index in [1.165, 1.54) is 10.4 Å². The van der Waals surface area contributed by atoms with Crippen LogP contribution in [0.3, 0.4) is 0 Å². The van der Waals surface area contributed by atoms with Gasteiger partial charge in [0.2, 0.25) is 15.9 Å². The number of fused-ring (bicyclic) bond motifs is 1. The molecule has 174 valence electrons. The molecule has 1 aromatic heterocycles. The van der Waals surface area contributed by atoms with Crippen LogP contribution in [0, 0.1) is 0 Å². The standard InChI is InChI=1S/C23H25ClN4O4S/c24-19-3-1-18(2-4-19)7-14-33(30,31)27-15-21(29)28-17-23(32-22(28)16-27)8-12-26(13-9-23)20-5-10-25-11-6-20/h1-7,10-11,14,22H,8-9,12-13,15-17H2. The first-order valence-electron chi connectivity index (χ1n) is 10.9. The molecule has 1 atom stereocenters. The lowest BCUT2D eigenvalue weighted by atomic mass is 9.91. The molecular formula is C23H25ClN4O4S. The Morgan fingerprint density at radius 2 is 1.79 bits per heavy atom. The molecule has 10 heteroatoms. The molecule has 4 heterocycles. The molecule has 3 aliphatic heterocycles. The number of aromatic nitrogens is 1. The molecule has 8 nitrogen and oxygen atoms in total. The van der Waals surface area contributed by atoms with Gasteiger partial charge < -0.3 is 14.5 Å². The Balaban J connectivity index is 1.25. The highest BCUT2D eigenvalue weighted by Gasteiger charge is 2.51. The quantitative estimate of drug-likeness (QED) is 0.657. The van der Waals surface area contributed by atoms with Crippen LogP contribution in [0.25, 0.3) is 6.08 Å². The van der Waals surface area contributed by atoms with E-state index >= 15 is 0 Å². The number of anilines is 1. The van der Waals surface area contributed by atoms with Crippen molar-refractivity contribution in [3.05, 3.63) is 64.8 Å². The molecule has 1 unspecified atom stereocenters. The van der Waals surface area contributed by atoms with Gasteiger partial charge in [0.1, 0.15) is 6.23 Å². The van der Waals surface area contributed by atoms with Crippen molar-refractivity contribution >= 4 is 39.3 Å². The first kappa shape index (κ1) is 22.3. The fourth-order valence-corrected chi connectivity index (χ4v) is 5.94. The van der Waals surface area contributed by atoms with Gasteiger partial charge in [-0.25, -0.2) is 8.42 Å². The summed E-state index contributed by atoms with van der Waals surface area (Å²) >= 11 is 5.88. The van der Waals surface area contributed by atoms with Crippen LogP contribution < -0.4 is 4.90 Å². The molecular weight excluding hydrogens is 464 g/mol. The van der Waals surface area contributed by atoms with Crippen LogP contribution >= 0.6 is 11.6 Å². The van der Waals surface area contributed by atoms with Gasteiger partial charge in [0.25, 0.3) is 0 Å². The summed E-state index contributed by atoms with van der Waals surface area (Å²) < 4.78 is 33.4. The van der Waals surface area contributed by atoms with Gasteiger partial charge in [0, 0.05) is 41.6 Å². The second-order valence-corrected chi connectivity index (χ2v) is 10.9. The van der Waals surface area contributed by atoms with Crippen LogP contribution in [0.2, 0.25) is 5.02 Å². The van der Waals surface area contributed by atoms with Gasteiger partial charge >= 0.3 is 0 Å². The third-order valence-electron chi connectivity index (χ3n) is 6.55. The van der Waals surface area contributed by atoms with E-state index in [4.69, 9.17) is 16.3 Å². The van der Waals surface area contributed by atoms with E-state index in [0.29, 0.717) is 17.1 Å². The molecule has 1 amide bonds. The zero-order valence-electron chi connectivity index (χ0n) is 18.0. The number of halogens is 1. The topological polar surface area (TPSA) is 83.0 Å². The highest BCUT2D eigenvalue weighted by molar-refractivity contribution is 7.92. The van der Waals surface area contributed by atoms with E-state index in [9.17, 15) is 13.2 Å². The zero-order chi connectivity index (χ0) is 23.1. The van der Waals surface area contributed by atoms with Crippen LogP contribution in [-0.2, 0) is 19.6 Å². The summed E-state index contributed by atoms with van der Waals surface area (Å²) in [5, 5.41) is 1.72. The summed E-state index contributed by atoms with van der Waals surface area (Å²) in [7, 11) is -3.77. The summed E-state index contributed by atoms with van der Waals surface area (Å²) in [5.74, 6) is -0.219. The fraction of sp³-hybridized carbons (Fsp3) is 0.391. The number of piperazine rings is 1. The molecule has 0 bridgehead atoms. The van der Waals surface area contributed by atoms with Crippen molar-refractivity contribution in [2.45, 2.75) is 24.7 Å². The molecule has 0 aliphatic carbocycles. The predicted octanol–water partition coefficient (Wildman–Crippen LogP) is 2.58. The van der Waals surface area contributed by atoms with Crippen molar-refractivity contribution in [2.75, 3.05) is 37.6 Å². The monoisotopic (exact) mass is 488 g/mol. The normalized spacial score (nSPS) is 23.4. The van der Waals surface area contributed by atoms with Crippen LogP contribution in [0.15, 0.2) is 54.2 Å². The van der Waals surface area contributed by atoms with Gasteiger partial charge in [-0.1, -0.05) is 23.7 Å². The molecule has 3 aliphatic rings. The third-order valence-corrected chi connectivity index (χ3v) is 8.28. The number of nitrogens with zero attached hydrogens (tertiary/aromatic N) is 4. The van der Waals surface area contributed by atoms with Crippen molar-refractivity contribution in [3.8, 4) is 0 Å². The number of hydrogen-bond donors (Lipinski definition) is 0. The number of benzene rings is 1. The maximum atomic E-state index is 12.9. The van der Waals surface area contributed by atoms with E-state index < -0.39 is 21.9 Å². The Morgan fingerprint density at radius 3 is 2.48 bits per heavy atom. The van der Waals surface area contributed by atoms with E-state index in [1.54, 1.807) is 41.6 Å². The summed E-state index contributed by atoms with van der Waals surface area (Å²) in [6, 6.07) is 10.8. The molecule has 0 N–H and O–H groups in total. The minimum Gasteiger partial charge on any atom is -0.371 e. The van der Waals surface area contributed by atoms with E-state index in [0.717, 1.165) is 37.0 Å². The van der Waals surface area contributed by atoms with Crippen LogP contribution in [-0.4, -0.2) is 73.1 Å². The number of amides is 1. The number of carbonyl (C=O) groups is 1. The third kappa shape index (κ3) is 4.63. The molecule has 1 aromatic carbocycles. The van der Waals surface area contributed by atoms with Crippen molar-refractivity contribution < 1.29 is 17.9 Å². The van der Waals surface area contributed by atoms with E-state index in [1.807, 2.05) is 12.1 Å². The summed E-state index contributed by atoms with van der Waals surface area (Å²) in [6.07, 6.45) is 6.06. The maximum Gasteiger partial charge on any atom is 0.240 e. The number of piperidine rings is 1. The average molecular weight is 489 g/mol. The largest absolute Gasteiger partial charge is 0.371 e. The van der Waals surface area contributed by atoms with Gasteiger partial charge in [-0.3, -0.25) is 9.78 Å². The summed E-state index contributed by atoms with van der Waals surface area (Å²) in [5.41, 5.74) is 1.41. The second kappa shape index (κ2) is 8.72. The minimum atomic E-state index is -3.77. The SMILES string of the molecule is O=C1CN(S(=O)(=O)C=Cc2ccc(Cl)cc2)CC2OC3(CCN(c4ccncc4)CC3)CN12. The Kier molecular flexibility index (Phi) is 5.90. The Hall–Kier alpha value is -2.46. The first-order chi connectivity index (χ1) is 15.8. The second-order valence-electron chi connectivity index (χ2n) is 8.66. The average Bonchev–Trinajstić information content (AvgIpc) is 3.18. The maximum absolute atomic E-state index is 12.9. The van der Waals surface area contributed by atoms with Crippen LogP contribution in [0.4, 0.5) is 5.69 Å². The number of ether oxygens (including phenoxy) is 1. The molecule has 33 heavy (non-hydrogen) atoms. The summed E-state index contributed by atoms with van der Waals surface area (Å²) in [6.45, 7) is 2.09. The highest BCUT2D eigenvalue weighted by Crippen LogP contribution is 2.38. The molecule has 0 saturated carbocycles. The molecule has 5 rings (SSSR count). The number of sulfonamides is 1. The van der Waals surface area contributed by atoms with Crippen molar-refractivity contribution in [3.63, 3.8) is 0 Å². The van der Waals surface area contributed by atoms with Gasteiger partial charge in [0.05, 0.1) is 25.2 Å². The molecule has 0 radical (unpaired) electrons. The minimum absolute atomic E-state index is 0.134. The smallest absolute Gasteiger partial charge is 0.240 e. The zero-order valence-corrected chi connectivity index (χ0v) is 19.6. The molecule has 1 spiro atoms. The van der Waals surface area contributed by atoms with Crippen molar-refractivity contribution in [2.24, 2.45) is 0 Å². The molecule has 3 saturated heterocycles. The van der Waals surface area contributed by atoms with Gasteiger partial charge in [-0.2, -0.15) is 4.31 Å². The number of carbonyl (C=O) groups excluding carboxylic acids is 1. The van der Waals surface area contributed by atoms with Gasteiger partial charge in [0.15, 0.2) is 0 Å². The number of pyridine rings is 1. The molecule has 3 fully saturated rings. The highest BCUT2D eigenvalue weighted by atomic mass is 35.5. The molecule has 2 aromatic rings. The van der Waals surface area contributed by atoms with Crippen molar-refractivity contribution in [1.29, 1.82) is 0 Å². The van der Waals surface area contributed by atoms with Crippen LogP contribution in [0.1, 0.15) is 18.4 Å². The van der Waals surface area contributed by atoms with Crippen molar-refractivity contribution in [1.82, 2.24) is 14.2 Å².